The van der Waals surface area contributed by atoms with E-state index in [1.54, 1.807) is 20.8 Å². The number of carbonyl (C=O) groups is 2. The number of hydrazine groups is 1. The first-order valence-corrected chi connectivity index (χ1v) is 7.66. The lowest BCUT2D eigenvalue weighted by atomic mass is 10.2. The lowest BCUT2D eigenvalue weighted by molar-refractivity contribution is 0.0483. The summed E-state index contributed by atoms with van der Waals surface area (Å²) in [6.07, 6.45) is -0.798. The van der Waals surface area contributed by atoms with Crippen molar-refractivity contribution in [3.63, 3.8) is 0 Å². The van der Waals surface area contributed by atoms with Crippen LogP contribution in [0.2, 0.25) is 0 Å². The van der Waals surface area contributed by atoms with Gasteiger partial charge in [0.05, 0.1) is 0 Å². The molecule has 118 valence electrons. The number of alkyl halides is 1. The van der Waals surface area contributed by atoms with Gasteiger partial charge in [-0.25, -0.2) is 19.6 Å². The zero-order valence-electron chi connectivity index (χ0n) is 12.3. The first-order valence-electron chi connectivity index (χ1n) is 6.05. The van der Waals surface area contributed by atoms with Gasteiger partial charge in [0.15, 0.2) is 11.4 Å². The average molecular weight is 382 g/mol. The Morgan fingerprint density at radius 3 is 2.24 bits per heavy atom. The highest BCUT2D eigenvalue weighted by molar-refractivity contribution is 9.11. The molecule has 1 aromatic heterocycles. The summed E-state index contributed by atoms with van der Waals surface area (Å²) >= 11 is 4.17. The molecule has 1 rings (SSSR count). The number of halogens is 2. The molecule has 0 atom stereocenters. The van der Waals surface area contributed by atoms with E-state index in [0.29, 0.717) is 3.79 Å². The fourth-order valence-electron chi connectivity index (χ4n) is 1.17. The van der Waals surface area contributed by atoms with Crippen molar-refractivity contribution in [2.24, 2.45) is 0 Å². The fraction of sp³-hybridized carbons (Fsp3) is 0.583. The molecule has 0 aliphatic rings. The zero-order chi connectivity index (χ0) is 16.4. The van der Waals surface area contributed by atoms with Gasteiger partial charge in [-0.15, -0.1) is 11.3 Å². The van der Waals surface area contributed by atoms with Gasteiger partial charge in [0.25, 0.3) is 5.91 Å². The second-order valence-electron chi connectivity index (χ2n) is 5.69. The third-order valence-electron chi connectivity index (χ3n) is 1.99. The predicted molar refractivity (Wildman–Crippen MR) is 80.8 cm³/mol. The molecule has 2 amide bonds. The minimum Gasteiger partial charge on any atom is -0.443 e. The van der Waals surface area contributed by atoms with E-state index in [1.807, 2.05) is 0 Å². The van der Waals surface area contributed by atoms with Gasteiger partial charge < -0.3 is 4.74 Å². The standard InChI is InChI=1S/C12H17BrFN3O3S/c1-11(2,3)20-10(19)17-16-8(18)6-7(13)21-9(15-6)12(4,5)14/h1-5H3,(H,16,18)(H,17,19). The molecule has 0 spiro atoms. The molecule has 0 unspecified atom stereocenters. The number of carbonyl (C=O) groups excluding carboxylic acids is 2. The Hall–Kier alpha value is -1.22. The number of hydrogen-bond acceptors (Lipinski definition) is 5. The molecule has 2 N–H and O–H groups in total. The monoisotopic (exact) mass is 381 g/mol. The lowest BCUT2D eigenvalue weighted by Crippen LogP contribution is -2.44. The van der Waals surface area contributed by atoms with Gasteiger partial charge in [0, 0.05) is 0 Å². The SMILES string of the molecule is CC(C)(C)OC(=O)NNC(=O)c1nc(C(C)(C)F)sc1Br. The van der Waals surface area contributed by atoms with Gasteiger partial charge in [0.1, 0.15) is 14.4 Å². The van der Waals surface area contributed by atoms with Crippen molar-refractivity contribution in [1.29, 1.82) is 0 Å². The van der Waals surface area contributed by atoms with E-state index in [2.05, 4.69) is 31.8 Å². The molecule has 21 heavy (non-hydrogen) atoms. The minimum absolute atomic E-state index is 0.00298. The van der Waals surface area contributed by atoms with Crippen LogP contribution in [-0.4, -0.2) is 22.6 Å². The van der Waals surface area contributed by atoms with Crippen LogP contribution in [0, 0.1) is 0 Å². The average Bonchev–Trinajstić information content (AvgIpc) is 2.65. The Balaban J connectivity index is 2.69. The van der Waals surface area contributed by atoms with E-state index in [-0.39, 0.29) is 10.7 Å². The van der Waals surface area contributed by atoms with E-state index in [0.717, 1.165) is 11.3 Å². The summed E-state index contributed by atoms with van der Waals surface area (Å²) in [5.41, 5.74) is 1.93. The maximum atomic E-state index is 13.8. The highest BCUT2D eigenvalue weighted by Crippen LogP contribution is 2.33. The van der Waals surface area contributed by atoms with Crippen LogP contribution in [0.1, 0.15) is 50.1 Å². The summed E-state index contributed by atoms with van der Waals surface area (Å²) in [7, 11) is 0. The molecule has 0 fully saturated rings. The van der Waals surface area contributed by atoms with Gasteiger partial charge in [-0.1, -0.05) is 0 Å². The Kier molecular flexibility index (Phi) is 5.32. The quantitative estimate of drug-likeness (QED) is 0.770. The maximum absolute atomic E-state index is 13.8. The molecule has 9 heteroatoms. The van der Waals surface area contributed by atoms with Crippen molar-refractivity contribution in [3.8, 4) is 0 Å². The van der Waals surface area contributed by atoms with Crippen molar-refractivity contribution in [3.05, 3.63) is 14.5 Å². The van der Waals surface area contributed by atoms with Gasteiger partial charge in [0.2, 0.25) is 0 Å². The van der Waals surface area contributed by atoms with Gasteiger partial charge >= 0.3 is 6.09 Å². The third-order valence-corrected chi connectivity index (χ3v) is 3.99. The number of rotatable bonds is 2. The van der Waals surface area contributed by atoms with Crippen LogP contribution in [0.5, 0.6) is 0 Å². The second-order valence-corrected chi connectivity index (χ2v) is 8.01. The van der Waals surface area contributed by atoms with Crippen molar-refractivity contribution < 1.29 is 18.7 Å². The molecule has 1 aromatic rings. The Bertz CT molecular complexity index is 549. The van der Waals surface area contributed by atoms with Gasteiger partial charge in [-0.3, -0.25) is 10.2 Å². The van der Waals surface area contributed by atoms with E-state index >= 15 is 0 Å². The van der Waals surface area contributed by atoms with Gasteiger partial charge in [-0.05, 0) is 50.5 Å². The zero-order valence-corrected chi connectivity index (χ0v) is 14.7. The maximum Gasteiger partial charge on any atom is 0.426 e. The van der Waals surface area contributed by atoms with Crippen LogP contribution in [0.3, 0.4) is 0 Å². The van der Waals surface area contributed by atoms with E-state index in [4.69, 9.17) is 4.74 Å². The molecule has 0 aromatic carbocycles. The molecule has 0 aliphatic carbocycles. The number of nitrogens with one attached hydrogen (secondary N) is 2. The summed E-state index contributed by atoms with van der Waals surface area (Å²) in [5.74, 6) is -0.667. The Morgan fingerprint density at radius 2 is 1.81 bits per heavy atom. The number of amides is 2. The smallest absolute Gasteiger partial charge is 0.426 e. The highest BCUT2D eigenvalue weighted by Gasteiger charge is 2.27. The van der Waals surface area contributed by atoms with Crippen LogP contribution in [0.4, 0.5) is 9.18 Å². The summed E-state index contributed by atoms with van der Waals surface area (Å²) in [6, 6.07) is 0. The molecular weight excluding hydrogens is 365 g/mol. The number of aromatic nitrogens is 1. The molecule has 6 nitrogen and oxygen atoms in total. The molecule has 0 bridgehead atoms. The topological polar surface area (TPSA) is 80.3 Å². The highest BCUT2D eigenvalue weighted by atomic mass is 79.9. The van der Waals surface area contributed by atoms with Crippen molar-refractivity contribution >= 4 is 39.3 Å². The van der Waals surface area contributed by atoms with E-state index in [9.17, 15) is 14.0 Å². The van der Waals surface area contributed by atoms with Crippen molar-refractivity contribution in [1.82, 2.24) is 15.8 Å². The van der Waals surface area contributed by atoms with Crippen LogP contribution in [0.25, 0.3) is 0 Å². The van der Waals surface area contributed by atoms with Crippen molar-refractivity contribution in [2.75, 3.05) is 0 Å². The van der Waals surface area contributed by atoms with E-state index < -0.39 is 23.3 Å². The molecule has 0 saturated heterocycles. The lowest BCUT2D eigenvalue weighted by Gasteiger charge is -2.19. The Labute approximate surface area is 134 Å². The largest absolute Gasteiger partial charge is 0.443 e. The van der Waals surface area contributed by atoms with Crippen molar-refractivity contribution in [2.45, 2.75) is 45.9 Å². The first kappa shape index (κ1) is 17.8. The first-order chi connectivity index (χ1) is 9.40. The van der Waals surface area contributed by atoms with E-state index in [1.165, 1.54) is 13.8 Å². The van der Waals surface area contributed by atoms with Gasteiger partial charge in [-0.2, -0.15) is 0 Å². The summed E-state index contributed by atoms with van der Waals surface area (Å²) in [5, 5.41) is 0.164. The fourth-order valence-corrected chi connectivity index (χ4v) is 2.68. The summed E-state index contributed by atoms with van der Waals surface area (Å²) in [6.45, 7) is 7.78. The number of thiazole rings is 1. The number of ether oxygens (including phenoxy) is 1. The normalized spacial score (nSPS) is 12.0. The minimum atomic E-state index is -1.65. The number of hydrogen-bond donors (Lipinski definition) is 2. The summed E-state index contributed by atoms with van der Waals surface area (Å²) < 4.78 is 19.1. The predicted octanol–water partition coefficient (Wildman–Crippen LogP) is 3.28. The third kappa shape index (κ3) is 5.58. The van der Waals surface area contributed by atoms with Crippen LogP contribution in [-0.2, 0) is 10.4 Å². The second kappa shape index (κ2) is 6.27. The summed E-state index contributed by atoms with van der Waals surface area (Å²) in [4.78, 5) is 27.2. The molecule has 0 radical (unpaired) electrons. The van der Waals surface area contributed by atoms with Crippen LogP contribution < -0.4 is 10.9 Å². The molecule has 1 heterocycles. The molecular formula is C12H17BrFN3O3S. The van der Waals surface area contributed by atoms with Crippen LogP contribution >= 0.6 is 27.3 Å². The molecule has 0 aliphatic heterocycles. The Morgan fingerprint density at radius 1 is 1.24 bits per heavy atom. The number of nitrogens with zero attached hydrogens (tertiary/aromatic N) is 1. The molecule has 0 saturated carbocycles. The van der Waals surface area contributed by atoms with Crippen LogP contribution in [0.15, 0.2) is 3.79 Å².